The molecule has 0 aromatic carbocycles. The summed E-state index contributed by atoms with van der Waals surface area (Å²) in [5, 5.41) is 19.2. The summed E-state index contributed by atoms with van der Waals surface area (Å²) in [6, 6.07) is 2.75. The van der Waals surface area contributed by atoms with Crippen LogP contribution in [0.2, 0.25) is 0 Å². The molecular formula is C18H32N4O2. The molecule has 0 aromatic heterocycles. The van der Waals surface area contributed by atoms with E-state index in [1.54, 1.807) is 11.9 Å². The average molecular weight is 336 g/mol. The van der Waals surface area contributed by atoms with Crippen molar-refractivity contribution in [2.24, 2.45) is 0 Å². The third kappa shape index (κ3) is 4.47. The molecule has 1 N–H and O–H groups in total. The summed E-state index contributed by atoms with van der Waals surface area (Å²) in [6.45, 7) is 7.53. The van der Waals surface area contributed by atoms with Crippen molar-refractivity contribution in [2.45, 2.75) is 63.6 Å². The number of nitriles is 1. The van der Waals surface area contributed by atoms with Gasteiger partial charge in [-0.25, -0.2) is 0 Å². The van der Waals surface area contributed by atoms with E-state index < -0.39 is 5.54 Å². The van der Waals surface area contributed by atoms with Gasteiger partial charge in [-0.3, -0.25) is 14.6 Å². The van der Waals surface area contributed by atoms with Gasteiger partial charge in [0.25, 0.3) is 0 Å². The fraction of sp³-hybridized carbons (Fsp3) is 0.889. The lowest BCUT2D eigenvalue weighted by atomic mass is 9.81. The van der Waals surface area contributed by atoms with Gasteiger partial charge in [-0.15, -0.1) is 0 Å². The molecule has 1 aliphatic heterocycles. The van der Waals surface area contributed by atoms with Crippen LogP contribution in [0.1, 0.15) is 46.0 Å². The van der Waals surface area contributed by atoms with Crippen LogP contribution in [0.25, 0.3) is 0 Å². The molecule has 0 spiro atoms. The summed E-state index contributed by atoms with van der Waals surface area (Å²) in [5.74, 6) is 0.0506. The molecule has 0 bridgehead atoms. The molecule has 2 fully saturated rings. The molecule has 1 saturated carbocycles. The number of piperazine rings is 1. The SMILES string of the molecule is C[C@H](O)CN1CCN(CC(=O)N(C)C2(C#N)CCCCC2)C[C@H]1C. The Morgan fingerprint density at radius 1 is 1.38 bits per heavy atom. The Morgan fingerprint density at radius 2 is 2.04 bits per heavy atom. The molecule has 24 heavy (non-hydrogen) atoms. The van der Waals surface area contributed by atoms with Crippen molar-refractivity contribution in [3.05, 3.63) is 0 Å². The number of hydrogen-bond acceptors (Lipinski definition) is 5. The van der Waals surface area contributed by atoms with Crippen molar-refractivity contribution in [1.82, 2.24) is 14.7 Å². The lowest BCUT2D eigenvalue weighted by Crippen LogP contribution is -2.57. The Kier molecular flexibility index (Phi) is 6.62. The average Bonchev–Trinajstić information content (AvgIpc) is 2.57. The van der Waals surface area contributed by atoms with Crippen LogP contribution in [0.3, 0.4) is 0 Å². The van der Waals surface area contributed by atoms with Gasteiger partial charge in [0, 0.05) is 39.3 Å². The molecule has 1 aliphatic carbocycles. The second-order valence-electron chi connectivity index (χ2n) is 7.58. The lowest BCUT2D eigenvalue weighted by Gasteiger charge is -2.42. The number of aliphatic hydroxyl groups is 1. The van der Waals surface area contributed by atoms with Gasteiger partial charge < -0.3 is 10.0 Å². The van der Waals surface area contributed by atoms with Crippen molar-refractivity contribution in [3.8, 4) is 6.07 Å². The summed E-state index contributed by atoms with van der Waals surface area (Å²) in [6.07, 6.45) is 4.48. The maximum atomic E-state index is 12.7. The Labute approximate surface area is 146 Å². The van der Waals surface area contributed by atoms with Crippen LogP contribution in [-0.4, -0.2) is 83.2 Å². The van der Waals surface area contributed by atoms with Gasteiger partial charge in [0.2, 0.25) is 5.91 Å². The van der Waals surface area contributed by atoms with E-state index in [-0.39, 0.29) is 12.0 Å². The van der Waals surface area contributed by atoms with Gasteiger partial charge in [0.05, 0.1) is 18.7 Å². The highest BCUT2D eigenvalue weighted by atomic mass is 16.3. The largest absolute Gasteiger partial charge is 0.392 e. The zero-order valence-electron chi connectivity index (χ0n) is 15.4. The third-order valence-corrected chi connectivity index (χ3v) is 5.61. The minimum atomic E-state index is -0.602. The van der Waals surface area contributed by atoms with Crippen LogP contribution in [-0.2, 0) is 4.79 Å². The molecular weight excluding hydrogens is 304 g/mol. The first-order valence-corrected chi connectivity index (χ1v) is 9.20. The molecule has 136 valence electrons. The van der Waals surface area contributed by atoms with Gasteiger partial charge in [0.1, 0.15) is 5.54 Å². The number of β-amino-alcohol motifs (C(OH)–C–C–N with tert-alkyl or cyclic N) is 1. The molecule has 2 rings (SSSR count). The van der Waals surface area contributed by atoms with Crippen LogP contribution in [0, 0.1) is 11.3 Å². The number of likely N-dealkylation sites (N-methyl/N-ethyl adjacent to an activating group) is 1. The lowest BCUT2D eigenvalue weighted by molar-refractivity contribution is -0.136. The molecule has 1 saturated heterocycles. The Balaban J connectivity index is 1.89. The number of aliphatic hydroxyl groups excluding tert-OH is 1. The fourth-order valence-corrected chi connectivity index (χ4v) is 4.02. The van der Waals surface area contributed by atoms with Gasteiger partial charge >= 0.3 is 0 Å². The van der Waals surface area contributed by atoms with Crippen LogP contribution >= 0.6 is 0 Å². The quantitative estimate of drug-likeness (QED) is 0.813. The number of carbonyl (C=O) groups is 1. The fourth-order valence-electron chi connectivity index (χ4n) is 4.02. The number of nitrogens with zero attached hydrogens (tertiary/aromatic N) is 4. The number of hydrogen-bond donors (Lipinski definition) is 1. The van der Waals surface area contributed by atoms with E-state index in [1.165, 1.54) is 0 Å². The summed E-state index contributed by atoms with van der Waals surface area (Å²) in [4.78, 5) is 18.9. The summed E-state index contributed by atoms with van der Waals surface area (Å²) in [7, 11) is 1.80. The van der Waals surface area contributed by atoms with Gasteiger partial charge in [0.15, 0.2) is 0 Å². The minimum Gasteiger partial charge on any atom is -0.392 e. The maximum absolute atomic E-state index is 12.7. The molecule has 0 aromatic rings. The highest BCUT2D eigenvalue weighted by Crippen LogP contribution is 2.32. The zero-order valence-corrected chi connectivity index (χ0v) is 15.4. The van der Waals surface area contributed by atoms with E-state index in [4.69, 9.17) is 0 Å². The predicted octanol–water partition coefficient (Wildman–Crippen LogP) is 1.06. The monoisotopic (exact) mass is 336 g/mol. The first kappa shape index (κ1) is 19.2. The van der Waals surface area contributed by atoms with Crippen molar-refractivity contribution in [3.63, 3.8) is 0 Å². The molecule has 6 nitrogen and oxygen atoms in total. The zero-order chi connectivity index (χ0) is 17.7. The summed E-state index contributed by atoms with van der Waals surface area (Å²) < 4.78 is 0. The normalized spacial score (nSPS) is 26.5. The van der Waals surface area contributed by atoms with Crippen molar-refractivity contribution < 1.29 is 9.90 Å². The van der Waals surface area contributed by atoms with Gasteiger partial charge in [-0.2, -0.15) is 5.26 Å². The second kappa shape index (κ2) is 8.28. The van der Waals surface area contributed by atoms with E-state index in [1.807, 2.05) is 6.92 Å². The summed E-state index contributed by atoms with van der Waals surface area (Å²) >= 11 is 0. The first-order valence-electron chi connectivity index (χ1n) is 9.20. The van der Waals surface area contributed by atoms with Crippen LogP contribution in [0.4, 0.5) is 0 Å². The van der Waals surface area contributed by atoms with E-state index in [9.17, 15) is 15.2 Å². The highest BCUT2D eigenvalue weighted by molar-refractivity contribution is 5.79. The standard InChI is InChI=1S/C18H32N4O2/c1-15-11-21(9-10-22(15)12-16(2)23)13-17(24)20(3)18(14-19)7-5-4-6-8-18/h15-16,23H,4-13H2,1-3H3/t15-,16+/m1/s1. The topological polar surface area (TPSA) is 70.8 Å². The van der Waals surface area contributed by atoms with E-state index in [2.05, 4.69) is 22.8 Å². The molecule has 6 heteroatoms. The van der Waals surface area contributed by atoms with Crippen molar-refractivity contribution in [1.29, 1.82) is 5.26 Å². The Hall–Kier alpha value is -1.16. The Morgan fingerprint density at radius 3 is 2.58 bits per heavy atom. The third-order valence-electron chi connectivity index (χ3n) is 5.61. The molecule has 0 unspecified atom stereocenters. The Bertz CT molecular complexity index is 468. The number of rotatable bonds is 5. The summed E-state index contributed by atoms with van der Waals surface area (Å²) in [5.41, 5.74) is -0.602. The minimum absolute atomic E-state index is 0.0506. The van der Waals surface area contributed by atoms with Gasteiger partial charge in [-0.1, -0.05) is 19.3 Å². The van der Waals surface area contributed by atoms with E-state index in [0.29, 0.717) is 19.1 Å². The second-order valence-corrected chi connectivity index (χ2v) is 7.58. The van der Waals surface area contributed by atoms with Crippen LogP contribution in [0.15, 0.2) is 0 Å². The van der Waals surface area contributed by atoms with Crippen LogP contribution in [0.5, 0.6) is 0 Å². The van der Waals surface area contributed by atoms with E-state index in [0.717, 1.165) is 51.7 Å². The highest BCUT2D eigenvalue weighted by Gasteiger charge is 2.39. The van der Waals surface area contributed by atoms with Crippen molar-refractivity contribution >= 4 is 5.91 Å². The van der Waals surface area contributed by atoms with Gasteiger partial charge in [-0.05, 0) is 26.7 Å². The number of amides is 1. The molecule has 1 heterocycles. The maximum Gasteiger partial charge on any atom is 0.237 e. The molecule has 0 radical (unpaired) electrons. The predicted molar refractivity (Wildman–Crippen MR) is 93.4 cm³/mol. The molecule has 2 atom stereocenters. The first-order chi connectivity index (χ1) is 11.4. The molecule has 1 amide bonds. The smallest absolute Gasteiger partial charge is 0.237 e. The molecule has 2 aliphatic rings. The van der Waals surface area contributed by atoms with Crippen molar-refractivity contribution in [2.75, 3.05) is 39.8 Å². The van der Waals surface area contributed by atoms with Crippen LogP contribution < -0.4 is 0 Å². The number of carbonyl (C=O) groups excluding carboxylic acids is 1. The van der Waals surface area contributed by atoms with E-state index >= 15 is 0 Å².